The van der Waals surface area contributed by atoms with Gasteiger partial charge in [-0.05, 0) is 19.8 Å². The Hall–Kier alpha value is -1.16. The van der Waals surface area contributed by atoms with Gasteiger partial charge in [-0.1, -0.05) is 13.8 Å². The first-order valence-corrected chi connectivity index (χ1v) is 6.76. The molecule has 0 amide bonds. The van der Waals surface area contributed by atoms with Crippen molar-refractivity contribution in [1.82, 2.24) is 9.97 Å². The molecule has 2 heterocycles. The Kier molecular flexibility index (Phi) is 3.85. The van der Waals surface area contributed by atoms with Gasteiger partial charge in [0.05, 0.1) is 11.4 Å². The molecule has 1 aliphatic heterocycles. The third kappa shape index (κ3) is 2.48. The maximum absolute atomic E-state index is 9.38. The zero-order valence-electron chi connectivity index (χ0n) is 11.7. The largest absolute Gasteiger partial charge is 0.396 e. The first-order chi connectivity index (χ1) is 8.52. The van der Waals surface area contributed by atoms with Crippen LogP contribution in [0.5, 0.6) is 0 Å². The van der Waals surface area contributed by atoms with E-state index in [1.54, 1.807) is 0 Å². The molecule has 0 saturated heterocycles. The van der Waals surface area contributed by atoms with E-state index >= 15 is 0 Å². The summed E-state index contributed by atoms with van der Waals surface area (Å²) in [4.78, 5) is 11.6. The van der Waals surface area contributed by atoms with Gasteiger partial charge in [-0.25, -0.2) is 4.98 Å². The van der Waals surface area contributed by atoms with Gasteiger partial charge in [0.1, 0.15) is 0 Å². The Labute approximate surface area is 109 Å². The van der Waals surface area contributed by atoms with Crippen molar-refractivity contribution < 1.29 is 5.11 Å². The SMILES string of the molecule is CC(C)c1cnc2c(n1)N(C(C)C)CC(CO)C2. The van der Waals surface area contributed by atoms with Crippen LogP contribution in [0.3, 0.4) is 0 Å². The molecule has 1 atom stereocenters. The highest BCUT2D eigenvalue weighted by molar-refractivity contribution is 5.47. The zero-order chi connectivity index (χ0) is 13.3. The summed E-state index contributed by atoms with van der Waals surface area (Å²) in [5.41, 5.74) is 2.07. The van der Waals surface area contributed by atoms with Crippen LogP contribution in [-0.2, 0) is 6.42 Å². The van der Waals surface area contributed by atoms with Crippen LogP contribution in [0.2, 0.25) is 0 Å². The quantitative estimate of drug-likeness (QED) is 0.890. The summed E-state index contributed by atoms with van der Waals surface area (Å²) in [6.07, 6.45) is 2.71. The lowest BCUT2D eigenvalue weighted by Gasteiger charge is -2.36. The van der Waals surface area contributed by atoms with Crippen molar-refractivity contribution in [1.29, 1.82) is 0 Å². The van der Waals surface area contributed by atoms with Crippen molar-refractivity contribution in [3.8, 4) is 0 Å². The van der Waals surface area contributed by atoms with E-state index < -0.39 is 0 Å². The van der Waals surface area contributed by atoms with E-state index in [0.717, 1.165) is 30.2 Å². The lowest BCUT2D eigenvalue weighted by atomic mass is 9.97. The van der Waals surface area contributed by atoms with E-state index in [1.165, 1.54) is 0 Å². The third-order valence-corrected chi connectivity index (χ3v) is 3.53. The lowest BCUT2D eigenvalue weighted by molar-refractivity contribution is 0.220. The number of aliphatic hydroxyl groups is 1. The highest BCUT2D eigenvalue weighted by atomic mass is 16.3. The van der Waals surface area contributed by atoms with Crippen LogP contribution in [0.4, 0.5) is 5.82 Å². The molecule has 0 saturated carbocycles. The Balaban J connectivity index is 2.40. The molecule has 4 heteroatoms. The minimum absolute atomic E-state index is 0.219. The first kappa shape index (κ1) is 13.3. The number of aliphatic hydroxyl groups excluding tert-OH is 1. The van der Waals surface area contributed by atoms with Crippen LogP contribution >= 0.6 is 0 Å². The molecule has 0 aromatic carbocycles. The Morgan fingerprint density at radius 1 is 1.39 bits per heavy atom. The van der Waals surface area contributed by atoms with E-state index in [-0.39, 0.29) is 12.5 Å². The van der Waals surface area contributed by atoms with E-state index in [0.29, 0.717) is 12.0 Å². The van der Waals surface area contributed by atoms with E-state index in [4.69, 9.17) is 4.98 Å². The summed E-state index contributed by atoms with van der Waals surface area (Å²) in [6.45, 7) is 9.68. The number of rotatable bonds is 3. The fourth-order valence-electron chi connectivity index (χ4n) is 2.35. The van der Waals surface area contributed by atoms with Crippen LogP contribution < -0.4 is 4.90 Å². The number of anilines is 1. The molecular weight excluding hydrogens is 226 g/mol. The summed E-state index contributed by atoms with van der Waals surface area (Å²) >= 11 is 0. The Morgan fingerprint density at radius 3 is 2.67 bits per heavy atom. The lowest BCUT2D eigenvalue weighted by Crippen LogP contribution is -2.42. The molecule has 1 aromatic rings. The van der Waals surface area contributed by atoms with Gasteiger partial charge < -0.3 is 10.0 Å². The molecular formula is C14H23N3O. The minimum atomic E-state index is 0.219. The van der Waals surface area contributed by atoms with Crippen LogP contribution in [-0.4, -0.2) is 34.3 Å². The Morgan fingerprint density at radius 2 is 2.11 bits per heavy atom. The van der Waals surface area contributed by atoms with Gasteiger partial charge in [-0.3, -0.25) is 4.98 Å². The molecule has 2 rings (SSSR count). The normalized spacial score (nSPS) is 19.5. The molecule has 0 fully saturated rings. The number of hydrogen-bond acceptors (Lipinski definition) is 4. The van der Waals surface area contributed by atoms with Crippen LogP contribution in [0.25, 0.3) is 0 Å². The van der Waals surface area contributed by atoms with E-state index in [2.05, 4.69) is 37.6 Å². The predicted octanol–water partition coefficient (Wildman–Crippen LogP) is 1.98. The summed E-state index contributed by atoms with van der Waals surface area (Å²) in [5, 5.41) is 9.38. The van der Waals surface area contributed by atoms with Crippen molar-refractivity contribution in [3.63, 3.8) is 0 Å². The molecule has 4 nitrogen and oxygen atoms in total. The van der Waals surface area contributed by atoms with Gasteiger partial charge in [0, 0.05) is 37.7 Å². The molecule has 0 spiro atoms. The number of hydrogen-bond donors (Lipinski definition) is 1. The maximum atomic E-state index is 9.38. The van der Waals surface area contributed by atoms with Crippen molar-refractivity contribution >= 4 is 5.82 Å². The second kappa shape index (κ2) is 5.22. The average Bonchev–Trinajstić information content (AvgIpc) is 2.36. The molecule has 100 valence electrons. The van der Waals surface area contributed by atoms with Gasteiger partial charge in [-0.15, -0.1) is 0 Å². The summed E-state index contributed by atoms with van der Waals surface area (Å²) in [7, 11) is 0. The van der Waals surface area contributed by atoms with Gasteiger partial charge in [0.25, 0.3) is 0 Å². The van der Waals surface area contributed by atoms with E-state index in [9.17, 15) is 5.11 Å². The minimum Gasteiger partial charge on any atom is -0.396 e. The molecule has 1 N–H and O–H groups in total. The average molecular weight is 249 g/mol. The molecule has 0 radical (unpaired) electrons. The van der Waals surface area contributed by atoms with Crippen LogP contribution in [0.1, 0.15) is 45.0 Å². The number of nitrogens with zero attached hydrogens (tertiary/aromatic N) is 3. The van der Waals surface area contributed by atoms with E-state index in [1.807, 2.05) is 6.20 Å². The second-order valence-corrected chi connectivity index (χ2v) is 5.72. The van der Waals surface area contributed by atoms with Crippen LogP contribution in [0, 0.1) is 5.92 Å². The standard InChI is InChI=1S/C14H23N3O/c1-9(2)13-6-15-12-5-11(8-18)7-17(10(3)4)14(12)16-13/h6,9-11,18H,5,7-8H2,1-4H3. The van der Waals surface area contributed by atoms with Crippen molar-refractivity contribution in [2.75, 3.05) is 18.1 Å². The maximum Gasteiger partial charge on any atom is 0.150 e. The molecule has 18 heavy (non-hydrogen) atoms. The molecule has 1 aromatic heterocycles. The molecule has 0 aliphatic carbocycles. The van der Waals surface area contributed by atoms with Gasteiger partial charge in [-0.2, -0.15) is 0 Å². The highest BCUT2D eigenvalue weighted by Crippen LogP contribution is 2.29. The topological polar surface area (TPSA) is 49.2 Å². The van der Waals surface area contributed by atoms with Crippen molar-refractivity contribution in [2.24, 2.45) is 5.92 Å². The first-order valence-electron chi connectivity index (χ1n) is 6.76. The van der Waals surface area contributed by atoms with Crippen LogP contribution in [0.15, 0.2) is 6.20 Å². The number of aromatic nitrogens is 2. The third-order valence-electron chi connectivity index (χ3n) is 3.53. The van der Waals surface area contributed by atoms with Gasteiger partial charge in [0.15, 0.2) is 5.82 Å². The summed E-state index contributed by atoms with van der Waals surface area (Å²) < 4.78 is 0. The molecule has 0 bridgehead atoms. The monoisotopic (exact) mass is 249 g/mol. The molecule has 1 unspecified atom stereocenters. The smallest absolute Gasteiger partial charge is 0.150 e. The van der Waals surface area contributed by atoms with Crippen molar-refractivity contribution in [2.45, 2.75) is 46.1 Å². The number of fused-ring (bicyclic) bond motifs is 1. The van der Waals surface area contributed by atoms with Gasteiger partial charge in [0.2, 0.25) is 0 Å². The fourth-order valence-corrected chi connectivity index (χ4v) is 2.35. The summed E-state index contributed by atoms with van der Waals surface area (Å²) in [5.74, 6) is 1.69. The summed E-state index contributed by atoms with van der Waals surface area (Å²) in [6, 6.07) is 0.384. The zero-order valence-corrected chi connectivity index (χ0v) is 11.7. The van der Waals surface area contributed by atoms with Crippen molar-refractivity contribution in [3.05, 3.63) is 17.6 Å². The predicted molar refractivity (Wildman–Crippen MR) is 72.9 cm³/mol. The highest BCUT2D eigenvalue weighted by Gasteiger charge is 2.28. The van der Waals surface area contributed by atoms with Gasteiger partial charge >= 0.3 is 0 Å². The fraction of sp³-hybridized carbons (Fsp3) is 0.714. The molecule has 1 aliphatic rings. The Bertz CT molecular complexity index is 418. The second-order valence-electron chi connectivity index (χ2n) is 5.72.